The van der Waals surface area contributed by atoms with Crippen molar-refractivity contribution < 1.29 is 27.5 Å². The highest BCUT2D eigenvalue weighted by atomic mass is 19.1. The van der Waals surface area contributed by atoms with Crippen LogP contribution in [0.3, 0.4) is 0 Å². The fourth-order valence-electron chi connectivity index (χ4n) is 4.04. The molecule has 0 saturated carbocycles. The van der Waals surface area contributed by atoms with Crippen molar-refractivity contribution in [3.63, 3.8) is 0 Å². The van der Waals surface area contributed by atoms with Gasteiger partial charge < -0.3 is 20.8 Å². The Labute approximate surface area is 222 Å². The lowest BCUT2D eigenvalue weighted by molar-refractivity contribution is 0.0920. The molecular weight excluding hydrogens is 513 g/mol. The highest BCUT2D eigenvalue weighted by molar-refractivity contribution is 5.99. The van der Waals surface area contributed by atoms with Crippen molar-refractivity contribution in [1.82, 2.24) is 15.3 Å². The summed E-state index contributed by atoms with van der Waals surface area (Å²) in [7, 11) is 0. The first-order valence-corrected chi connectivity index (χ1v) is 12.3. The van der Waals surface area contributed by atoms with E-state index in [2.05, 4.69) is 16.1 Å². The Morgan fingerprint density at radius 1 is 1.10 bits per heavy atom. The van der Waals surface area contributed by atoms with Gasteiger partial charge in [-0.3, -0.25) is 19.1 Å². The molecule has 8 nitrogen and oxygen atoms in total. The van der Waals surface area contributed by atoms with E-state index in [1.54, 1.807) is 31.2 Å². The van der Waals surface area contributed by atoms with E-state index in [1.807, 2.05) is 25.1 Å². The van der Waals surface area contributed by atoms with Crippen LogP contribution in [0.15, 0.2) is 65.6 Å². The quantitative estimate of drug-likeness (QED) is 0.413. The van der Waals surface area contributed by atoms with Crippen LogP contribution in [0.4, 0.5) is 13.2 Å². The van der Waals surface area contributed by atoms with Gasteiger partial charge in [0.15, 0.2) is 11.4 Å². The highest BCUT2D eigenvalue weighted by Crippen LogP contribution is 2.19. The third-order valence-electron chi connectivity index (χ3n) is 6.01. The van der Waals surface area contributed by atoms with Gasteiger partial charge in [-0.1, -0.05) is 42.5 Å². The minimum absolute atomic E-state index is 0.0710. The number of halogens is 3. The van der Waals surface area contributed by atoms with Crippen LogP contribution in [0.25, 0.3) is 0 Å². The monoisotopic (exact) mass is 540 g/mol. The molecule has 0 unspecified atom stereocenters. The summed E-state index contributed by atoms with van der Waals surface area (Å²) in [6.07, 6.45) is 5.43. The van der Waals surface area contributed by atoms with Crippen LogP contribution < -0.4 is 26.2 Å². The molecule has 204 valence electrons. The molecule has 2 atom stereocenters. The molecule has 1 aliphatic rings. The van der Waals surface area contributed by atoms with E-state index in [0.29, 0.717) is 24.1 Å². The number of carbonyl (C=O) groups excluding carboxylic acids is 2. The maximum Gasteiger partial charge on any atom is 0.274 e. The zero-order chi connectivity index (χ0) is 28.1. The minimum Gasteiger partial charge on any atom is -0.482 e. The molecule has 1 aromatic heterocycles. The lowest BCUT2D eigenvalue weighted by Gasteiger charge is -2.24. The van der Waals surface area contributed by atoms with Gasteiger partial charge in [0.1, 0.15) is 29.6 Å². The molecule has 0 radical (unpaired) electrons. The average Bonchev–Trinajstić information content (AvgIpc) is 2.87. The molecule has 0 spiro atoms. The summed E-state index contributed by atoms with van der Waals surface area (Å²) in [5.74, 6) is -5.43. The predicted molar refractivity (Wildman–Crippen MR) is 138 cm³/mol. The van der Waals surface area contributed by atoms with Gasteiger partial charge in [0, 0.05) is 42.5 Å². The molecule has 0 bridgehead atoms. The first kappa shape index (κ1) is 27.5. The number of ether oxygens (including phenoxy) is 1. The Balaban J connectivity index is 1.75. The molecule has 2 aromatic carbocycles. The van der Waals surface area contributed by atoms with Crippen LogP contribution in [0.1, 0.15) is 52.2 Å². The Morgan fingerprint density at radius 3 is 2.49 bits per heavy atom. The van der Waals surface area contributed by atoms with E-state index < -0.39 is 52.4 Å². The molecule has 0 fully saturated rings. The number of aromatic nitrogens is 1. The van der Waals surface area contributed by atoms with E-state index in [1.165, 1.54) is 4.68 Å². The number of amides is 2. The Kier molecular flexibility index (Phi) is 8.38. The first-order chi connectivity index (χ1) is 18.6. The van der Waals surface area contributed by atoms with E-state index in [0.717, 1.165) is 6.20 Å². The number of pyridine rings is 1. The van der Waals surface area contributed by atoms with Crippen LogP contribution >= 0.6 is 0 Å². The topological polar surface area (TPSA) is 101 Å². The van der Waals surface area contributed by atoms with Gasteiger partial charge in [0.05, 0.1) is 0 Å². The highest BCUT2D eigenvalue weighted by Gasteiger charge is 2.28. The van der Waals surface area contributed by atoms with Crippen molar-refractivity contribution in [3.8, 4) is 5.75 Å². The molecule has 11 heteroatoms. The fourth-order valence-corrected chi connectivity index (χ4v) is 4.04. The van der Waals surface area contributed by atoms with Gasteiger partial charge in [-0.2, -0.15) is 0 Å². The normalized spacial score (nSPS) is 17.8. The number of hydrogen-bond acceptors (Lipinski definition) is 5. The number of carbonyl (C=O) groups is 2. The van der Waals surface area contributed by atoms with Gasteiger partial charge in [-0.05, 0) is 25.8 Å². The third kappa shape index (κ3) is 6.49. The van der Waals surface area contributed by atoms with Crippen molar-refractivity contribution in [2.24, 2.45) is 0 Å². The summed E-state index contributed by atoms with van der Waals surface area (Å²) < 4.78 is 48.5. The zero-order valence-electron chi connectivity index (χ0n) is 21.3. The van der Waals surface area contributed by atoms with Gasteiger partial charge >= 0.3 is 0 Å². The average molecular weight is 541 g/mol. The standard InChI is InChI=1S/C28H27F3N4O4/c1-16-7-6-8-17(2)34-35-14-21(27(37)32-13-20-22(30)11-19(29)12-23(20)31)25(36)26(24(35)28(38)33-16)39-15-18-9-4-3-5-10-18/h3-7,9-12,14,16-17,34H,8,13,15H2,1-2H3,(H,32,37)(H,33,38)/b7-6-/t16-,17+/m0/s1. The van der Waals surface area contributed by atoms with Crippen molar-refractivity contribution in [2.75, 3.05) is 5.43 Å². The number of rotatable bonds is 6. The first-order valence-electron chi connectivity index (χ1n) is 12.3. The summed E-state index contributed by atoms with van der Waals surface area (Å²) in [6, 6.07) is 9.33. The van der Waals surface area contributed by atoms with Crippen molar-refractivity contribution in [3.05, 3.63) is 111 Å². The second-order valence-electron chi connectivity index (χ2n) is 9.18. The predicted octanol–water partition coefficient (Wildman–Crippen LogP) is 3.78. The summed E-state index contributed by atoms with van der Waals surface area (Å²) in [6.45, 7) is 2.90. The molecule has 0 saturated heterocycles. The molecule has 2 heterocycles. The Hall–Kier alpha value is -4.54. The van der Waals surface area contributed by atoms with Crippen molar-refractivity contribution in [1.29, 1.82) is 0 Å². The molecule has 0 aliphatic carbocycles. The molecule has 3 aromatic rings. The number of hydrogen-bond donors (Lipinski definition) is 3. The van der Waals surface area contributed by atoms with E-state index in [4.69, 9.17) is 4.74 Å². The van der Waals surface area contributed by atoms with Gasteiger partial charge in [-0.15, -0.1) is 0 Å². The summed E-state index contributed by atoms with van der Waals surface area (Å²) in [4.78, 5) is 39.9. The second kappa shape index (κ2) is 11.9. The van der Waals surface area contributed by atoms with E-state index in [-0.39, 0.29) is 30.1 Å². The van der Waals surface area contributed by atoms with Crippen molar-refractivity contribution in [2.45, 2.75) is 45.5 Å². The maximum atomic E-state index is 14.1. The van der Waals surface area contributed by atoms with Crippen LogP contribution in [0.2, 0.25) is 0 Å². The Bertz CT molecular complexity index is 1450. The molecule has 3 N–H and O–H groups in total. The van der Waals surface area contributed by atoms with Crippen LogP contribution in [0, 0.1) is 17.5 Å². The fraction of sp³-hybridized carbons (Fsp3) is 0.250. The number of benzene rings is 2. The van der Waals surface area contributed by atoms with Crippen molar-refractivity contribution >= 4 is 11.8 Å². The second-order valence-corrected chi connectivity index (χ2v) is 9.18. The van der Waals surface area contributed by atoms with Crippen LogP contribution in [-0.4, -0.2) is 28.6 Å². The van der Waals surface area contributed by atoms with Gasteiger partial charge in [0.25, 0.3) is 11.8 Å². The molecule has 1 aliphatic heterocycles. The smallest absolute Gasteiger partial charge is 0.274 e. The third-order valence-corrected chi connectivity index (χ3v) is 6.01. The molecule has 39 heavy (non-hydrogen) atoms. The van der Waals surface area contributed by atoms with Gasteiger partial charge in [-0.25, -0.2) is 13.2 Å². The summed E-state index contributed by atoms with van der Waals surface area (Å²) >= 11 is 0. The maximum absolute atomic E-state index is 14.1. The summed E-state index contributed by atoms with van der Waals surface area (Å²) in [5, 5.41) is 5.07. The van der Waals surface area contributed by atoms with E-state index in [9.17, 15) is 27.6 Å². The Morgan fingerprint density at radius 2 is 1.79 bits per heavy atom. The molecular formula is C28H27F3N4O4. The lowest BCUT2D eigenvalue weighted by Crippen LogP contribution is -2.41. The minimum atomic E-state index is -1.18. The SMILES string of the molecule is C[C@@H]1C/C=C\[C@H](C)NC(=O)c2c(OCc3ccccc3)c(=O)c(C(=O)NCc3c(F)cc(F)cc3F)cn2N1. The zero-order valence-corrected chi connectivity index (χ0v) is 21.3. The van der Waals surface area contributed by atoms with Gasteiger partial charge in [0.2, 0.25) is 5.43 Å². The largest absolute Gasteiger partial charge is 0.482 e. The lowest BCUT2D eigenvalue weighted by atomic mass is 10.1. The van der Waals surface area contributed by atoms with E-state index >= 15 is 0 Å². The number of nitrogens with zero attached hydrogens (tertiary/aromatic N) is 1. The molecule has 4 rings (SSSR count). The summed E-state index contributed by atoms with van der Waals surface area (Å²) in [5.41, 5.74) is 1.76. The number of nitrogens with one attached hydrogen (secondary N) is 3. The van der Waals surface area contributed by atoms with Crippen LogP contribution in [-0.2, 0) is 13.2 Å². The number of fused-ring (bicyclic) bond motifs is 1. The van der Waals surface area contributed by atoms with Crippen LogP contribution in [0.5, 0.6) is 5.75 Å². The molecule has 2 amide bonds.